The Morgan fingerprint density at radius 3 is 2.78 bits per heavy atom. The first-order valence-electron chi connectivity index (χ1n) is 11.8. The van der Waals surface area contributed by atoms with Crippen LogP contribution >= 0.6 is 0 Å². The molecule has 1 aliphatic rings. The molecule has 10 nitrogen and oxygen atoms in total. The molecule has 0 radical (unpaired) electrons. The van der Waals surface area contributed by atoms with Gasteiger partial charge in [-0.1, -0.05) is 6.07 Å². The molecule has 186 valence electrons. The number of carboxylic acid groups (broad SMARTS) is 1. The summed E-state index contributed by atoms with van der Waals surface area (Å²) in [5.74, 6) is 2.28. The molecule has 0 unspecified atom stereocenters. The fourth-order valence-electron chi connectivity index (χ4n) is 4.15. The summed E-state index contributed by atoms with van der Waals surface area (Å²) in [6, 6.07) is 17.3. The van der Waals surface area contributed by atoms with Gasteiger partial charge in [-0.25, -0.2) is 9.78 Å². The molecular weight excluding hydrogens is 460 g/mol. The summed E-state index contributed by atoms with van der Waals surface area (Å²) in [7, 11) is 0. The van der Waals surface area contributed by atoms with Gasteiger partial charge >= 0.3 is 6.09 Å². The van der Waals surface area contributed by atoms with E-state index in [2.05, 4.69) is 31.2 Å². The van der Waals surface area contributed by atoms with Crippen LogP contribution in [0, 0.1) is 6.92 Å². The van der Waals surface area contributed by atoms with Crippen molar-refractivity contribution in [3.8, 4) is 17.4 Å². The van der Waals surface area contributed by atoms with E-state index in [1.54, 1.807) is 12.3 Å². The lowest BCUT2D eigenvalue weighted by Crippen LogP contribution is -2.49. The highest BCUT2D eigenvalue weighted by atomic mass is 16.5. The van der Waals surface area contributed by atoms with Gasteiger partial charge in [0.25, 0.3) is 0 Å². The first kappa shape index (κ1) is 23.4. The van der Waals surface area contributed by atoms with E-state index in [4.69, 9.17) is 14.6 Å². The van der Waals surface area contributed by atoms with Crippen molar-refractivity contribution in [2.24, 2.45) is 0 Å². The summed E-state index contributed by atoms with van der Waals surface area (Å²) >= 11 is 0. The number of hydrogen-bond acceptors (Lipinski definition) is 7. The molecule has 1 fully saturated rings. The SMILES string of the molecule is Cc1cc2cc(Oc3ccnc(Nc4cccc(OCCN5CCN(C(=O)O)CC5)c4)n3)ccc2[nH]1. The van der Waals surface area contributed by atoms with Gasteiger partial charge < -0.3 is 29.8 Å². The normalized spacial score (nSPS) is 14.1. The minimum atomic E-state index is -0.857. The topological polar surface area (TPSA) is 116 Å². The van der Waals surface area contributed by atoms with E-state index in [9.17, 15) is 4.79 Å². The van der Waals surface area contributed by atoms with Crippen molar-refractivity contribution in [3.63, 3.8) is 0 Å². The van der Waals surface area contributed by atoms with Gasteiger partial charge in [0.1, 0.15) is 18.1 Å². The van der Waals surface area contributed by atoms with E-state index in [1.807, 2.05) is 49.4 Å². The van der Waals surface area contributed by atoms with Crippen molar-refractivity contribution in [1.29, 1.82) is 0 Å². The number of aryl methyl sites for hydroxylation is 1. The number of piperazine rings is 1. The molecule has 2 aromatic carbocycles. The van der Waals surface area contributed by atoms with E-state index < -0.39 is 6.09 Å². The molecule has 3 heterocycles. The van der Waals surface area contributed by atoms with Crippen LogP contribution < -0.4 is 14.8 Å². The number of ether oxygens (including phenoxy) is 2. The molecule has 0 spiro atoms. The Hall–Kier alpha value is -4.31. The Morgan fingerprint density at radius 2 is 1.94 bits per heavy atom. The van der Waals surface area contributed by atoms with E-state index in [0.29, 0.717) is 50.4 Å². The third-order valence-electron chi connectivity index (χ3n) is 5.99. The molecule has 1 saturated heterocycles. The van der Waals surface area contributed by atoms with E-state index in [-0.39, 0.29) is 0 Å². The van der Waals surface area contributed by atoms with Gasteiger partial charge in [0.2, 0.25) is 11.8 Å². The molecule has 0 atom stereocenters. The second kappa shape index (κ2) is 10.5. The third-order valence-corrected chi connectivity index (χ3v) is 5.99. The predicted octanol–water partition coefficient (Wildman–Crippen LogP) is 4.48. The number of nitrogens with one attached hydrogen (secondary N) is 2. The van der Waals surface area contributed by atoms with Gasteiger partial charge in [-0.3, -0.25) is 4.90 Å². The highest BCUT2D eigenvalue weighted by molar-refractivity contribution is 5.81. The van der Waals surface area contributed by atoms with Gasteiger partial charge in [0.05, 0.1) is 0 Å². The lowest BCUT2D eigenvalue weighted by atomic mass is 10.2. The number of benzene rings is 2. The first-order valence-corrected chi connectivity index (χ1v) is 11.8. The minimum absolute atomic E-state index is 0.416. The van der Waals surface area contributed by atoms with Crippen LogP contribution in [0.25, 0.3) is 10.9 Å². The number of fused-ring (bicyclic) bond motifs is 1. The maximum absolute atomic E-state index is 11.0. The van der Waals surface area contributed by atoms with Crippen molar-refractivity contribution in [1.82, 2.24) is 24.8 Å². The standard InChI is InChI=1S/C26H28N6O4/c1-18-15-19-16-22(5-6-23(19)28-18)36-24-7-8-27-25(30-24)29-20-3-2-4-21(17-20)35-14-13-31-9-11-32(12-10-31)26(33)34/h2-8,15-17,28H,9-14H2,1H3,(H,33,34)(H,27,29,30). The van der Waals surface area contributed by atoms with Gasteiger partial charge in [-0.15, -0.1) is 0 Å². The Bertz CT molecular complexity index is 1350. The van der Waals surface area contributed by atoms with Crippen molar-refractivity contribution in [2.75, 3.05) is 44.6 Å². The summed E-state index contributed by atoms with van der Waals surface area (Å²) in [5.41, 5.74) is 2.96. The average molecular weight is 489 g/mol. The quantitative estimate of drug-likeness (QED) is 0.333. The summed E-state index contributed by atoms with van der Waals surface area (Å²) in [6.07, 6.45) is 0.790. The predicted molar refractivity (Wildman–Crippen MR) is 136 cm³/mol. The van der Waals surface area contributed by atoms with Gasteiger partial charge in [-0.05, 0) is 43.3 Å². The Balaban J connectivity index is 1.15. The number of amides is 1. The number of hydrogen-bond donors (Lipinski definition) is 3. The second-order valence-corrected chi connectivity index (χ2v) is 8.63. The molecule has 2 aromatic heterocycles. The zero-order valence-electron chi connectivity index (χ0n) is 20.0. The van der Waals surface area contributed by atoms with Crippen LogP contribution in [0.1, 0.15) is 5.69 Å². The van der Waals surface area contributed by atoms with Crippen LogP contribution in [0.4, 0.5) is 16.4 Å². The fourth-order valence-corrected chi connectivity index (χ4v) is 4.15. The van der Waals surface area contributed by atoms with Gasteiger partial charge in [0.15, 0.2) is 0 Å². The van der Waals surface area contributed by atoms with Crippen LogP contribution in [0.2, 0.25) is 0 Å². The van der Waals surface area contributed by atoms with Crippen molar-refractivity contribution < 1.29 is 19.4 Å². The minimum Gasteiger partial charge on any atom is -0.492 e. The molecule has 0 bridgehead atoms. The highest BCUT2D eigenvalue weighted by Crippen LogP contribution is 2.26. The monoisotopic (exact) mass is 488 g/mol. The largest absolute Gasteiger partial charge is 0.492 e. The smallest absolute Gasteiger partial charge is 0.407 e. The van der Waals surface area contributed by atoms with Crippen LogP contribution in [0.5, 0.6) is 17.4 Å². The van der Waals surface area contributed by atoms with Crippen LogP contribution in [0.15, 0.2) is 60.8 Å². The fraction of sp³-hybridized carbons (Fsp3) is 0.269. The molecule has 36 heavy (non-hydrogen) atoms. The van der Waals surface area contributed by atoms with E-state index in [0.717, 1.165) is 34.6 Å². The molecule has 0 aliphatic carbocycles. The average Bonchev–Trinajstić information content (AvgIpc) is 3.24. The van der Waals surface area contributed by atoms with E-state index in [1.165, 1.54) is 4.90 Å². The molecule has 1 amide bonds. The molecule has 5 rings (SSSR count). The maximum atomic E-state index is 11.0. The zero-order chi connectivity index (χ0) is 24.9. The summed E-state index contributed by atoms with van der Waals surface area (Å²) in [5, 5.41) is 13.3. The number of rotatable bonds is 8. The maximum Gasteiger partial charge on any atom is 0.407 e. The summed E-state index contributed by atoms with van der Waals surface area (Å²) in [6.45, 7) is 5.75. The lowest BCUT2D eigenvalue weighted by molar-refractivity contribution is 0.0985. The number of nitrogens with zero attached hydrogens (tertiary/aromatic N) is 4. The Morgan fingerprint density at radius 1 is 1.08 bits per heavy atom. The van der Waals surface area contributed by atoms with Crippen molar-refractivity contribution >= 4 is 28.6 Å². The van der Waals surface area contributed by atoms with Gasteiger partial charge in [-0.2, -0.15) is 4.98 Å². The molecular formula is C26H28N6O4. The van der Waals surface area contributed by atoms with Gasteiger partial charge in [0, 0.05) is 73.3 Å². The molecule has 3 N–H and O–H groups in total. The zero-order valence-corrected chi connectivity index (χ0v) is 20.0. The van der Waals surface area contributed by atoms with Crippen LogP contribution in [0.3, 0.4) is 0 Å². The number of anilines is 2. The summed E-state index contributed by atoms with van der Waals surface area (Å²) < 4.78 is 11.9. The second-order valence-electron chi connectivity index (χ2n) is 8.63. The molecule has 0 saturated carbocycles. The third kappa shape index (κ3) is 5.84. The Kier molecular flexibility index (Phi) is 6.85. The number of aromatic amines is 1. The Labute approximate surface area is 208 Å². The molecule has 10 heteroatoms. The molecule has 1 aliphatic heterocycles. The van der Waals surface area contributed by atoms with E-state index >= 15 is 0 Å². The summed E-state index contributed by atoms with van der Waals surface area (Å²) in [4.78, 5) is 26.7. The number of carbonyl (C=O) groups is 1. The van der Waals surface area contributed by atoms with Crippen molar-refractivity contribution in [2.45, 2.75) is 6.92 Å². The number of aromatic nitrogens is 3. The van der Waals surface area contributed by atoms with Crippen LogP contribution in [-0.4, -0.2) is 75.3 Å². The highest BCUT2D eigenvalue weighted by Gasteiger charge is 2.19. The number of H-pyrrole nitrogens is 1. The molecule has 4 aromatic rings. The first-order chi connectivity index (χ1) is 17.5. The van der Waals surface area contributed by atoms with Crippen LogP contribution in [-0.2, 0) is 0 Å². The van der Waals surface area contributed by atoms with Crippen molar-refractivity contribution in [3.05, 3.63) is 66.5 Å². The lowest BCUT2D eigenvalue weighted by Gasteiger charge is -2.32.